The first-order chi connectivity index (χ1) is 24.2. The Morgan fingerprint density at radius 2 is 1.02 bits per heavy atom. The molecule has 21 heteroatoms. The Bertz CT molecular complexity index is 1150. The Balaban J connectivity index is 1.72. The van der Waals surface area contributed by atoms with Gasteiger partial charge in [0.25, 0.3) is 0 Å². The summed E-state index contributed by atoms with van der Waals surface area (Å²) in [4.78, 5) is 91.7. The molecule has 2 fully saturated rings. The Morgan fingerprint density at radius 3 is 1.49 bits per heavy atom. The van der Waals surface area contributed by atoms with Gasteiger partial charge in [0.05, 0.1) is 45.2 Å². The number of unbranched alkanes of at least 4 members (excludes halogenated alkanes) is 2. The lowest BCUT2D eigenvalue weighted by Gasteiger charge is -2.32. The van der Waals surface area contributed by atoms with Crippen LogP contribution in [0.15, 0.2) is 0 Å². The van der Waals surface area contributed by atoms with Crippen molar-refractivity contribution >= 4 is 48.7 Å². The zero-order chi connectivity index (χ0) is 37.8. The molecule has 0 aromatic carbocycles. The molecule has 0 aliphatic carbocycles. The molecule has 2 saturated heterocycles. The standard InChI is InChI=1S/C30H53BN8O12/c40-24(33-17-25(41)34-18-27(43)39-8-4-5-23(39)31(50)51)6-2-1-3-7-32-26(42)19-35-9-11-36(20-28(44)45)13-15-38(22-30(48)49)16-14-37(12-10-35)21-29(46)47/h23,50-51H,1-22H2,(H,32,42)(H,33,40)(H,34,41)(H,44,45)(H,46,47)(H,48,49)/t23-/m0/s1. The van der Waals surface area contributed by atoms with Gasteiger partial charge in [-0.05, 0) is 25.7 Å². The number of carboxylic acids is 3. The van der Waals surface area contributed by atoms with Gasteiger partial charge in [-0.1, -0.05) is 6.42 Å². The highest BCUT2D eigenvalue weighted by atomic mass is 16.4. The zero-order valence-electron chi connectivity index (χ0n) is 29.0. The smallest absolute Gasteiger partial charge is 0.475 e. The molecule has 0 radical (unpaired) electrons. The number of hydrogen-bond donors (Lipinski definition) is 8. The third-order valence-electron chi connectivity index (χ3n) is 8.62. The summed E-state index contributed by atoms with van der Waals surface area (Å²) in [7, 11) is -1.65. The third-order valence-corrected chi connectivity index (χ3v) is 8.62. The highest BCUT2D eigenvalue weighted by molar-refractivity contribution is 6.43. The number of likely N-dealkylation sites (tertiary alicyclic amines) is 1. The van der Waals surface area contributed by atoms with Crippen molar-refractivity contribution in [1.82, 2.24) is 40.4 Å². The first kappa shape index (κ1) is 43.3. The summed E-state index contributed by atoms with van der Waals surface area (Å²) in [6.07, 6.45) is 2.98. The van der Waals surface area contributed by atoms with Crippen LogP contribution in [0.5, 0.6) is 0 Å². The lowest BCUT2D eigenvalue weighted by atomic mass is 9.78. The van der Waals surface area contributed by atoms with E-state index in [-0.39, 0.29) is 83.7 Å². The molecule has 8 N–H and O–H groups in total. The maximum Gasteiger partial charge on any atom is 0.475 e. The second-order valence-corrected chi connectivity index (χ2v) is 12.7. The Labute approximate surface area is 297 Å². The van der Waals surface area contributed by atoms with Crippen molar-refractivity contribution in [2.45, 2.75) is 44.5 Å². The molecule has 2 aliphatic heterocycles. The van der Waals surface area contributed by atoms with E-state index < -0.39 is 42.8 Å². The summed E-state index contributed by atoms with van der Waals surface area (Å²) in [5.74, 6) is -5.40. The molecule has 4 amide bonds. The largest absolute Gasteiger partial charge is 0.480 e. The number of aliphatic carboxylic acids is 3. The summed E-state index contributed by atoms with van der Waals surface area (Å²) in [6, 6.07) is 0. The summed E-state index contributed by atoms with van der Waals surface area (Å²) in [5.41, 5.74) is 0. The van der Waals surface area contributed by atoms with Crippen molar-refractivity contribution in [2.24, 2.45) is 0 Å². The topological polar surface area (TPSA) is 273 Å². The van der Waals surface area contributed by atoms with Gasteiger partial charge in [-0.3, -0.25) is 53.2 Å². The molecule has 0 spiro atoms. The van der Waals surface area contributed by atoms with Crippen LogP contribution in [-0.4, -0.2) is 209 Å². The number of rotatable bonds is 19. The van der Waals surface area contributed by atoms with Gasteiger partial charge in [-0.25, -0.2) is 0 Å². The molecule has 0 bridgehead atoms. The molecule has 288 valence electrons. The number of nitrogens with one attached hydrogen (secondary N) is 3. The highest BCUT2D eigenvalue weighted by Crippen LogP contribution is 2.17. The van der Waals surface area contributed by atoms with Crippen LogP contribution in [0.1, 0.15) is 38.5 Å². The average molecular weight is 729 g/mol. The van der Waals surface area contributed by atoms with Crippen LogP contribution >= 0.6 is 0 Å². The molecule has 0 aromatic rings. The third kappa shape index (κ3) is 18.8. The molecule has 2 aliphatic rings. The molecular weight excluding hydrogens is 675 g/mol. The summed E-state index contributed by atoms with van der Waals surface area (Å²) in [6.45, 7) is 1.72. The normalized spacial score (nSPS) is 18.6. The van der Waals surface area contributed by atoms with Crippen LogP contribution in [0.3, 0.4) is 0 Å². The van der Waals surface area contributed by atoms with E-state index >= 15 is 0 Å². The van der Waals surface area contributed by atoms with E-state index in [9.17, 15) is 58.9 Å². The summed E-state index contributed by atoms with van der Waals surface area (Å²) in [5, 5.41) is 54.5. The van der Waals surface area contributed by atoms with Gasteiger partial charge in [0, 0.05) is 71.9 Å². The molecule has 2 heterocycles. The van der Waals surface area contributed by atoms with E-state index in [1.165, 1.54) is 4.90 Å². The second-order valence-electron chi connectivity index (χ2n) is 12.7. The minimum atomic E-state index is -1.65. The van der Waals surface area contributed by atoms with Gasteiger partial charge in [0.2, 0.25) is 23.6 Å². The molecular formula is C30H53BN8O12. The van der Waals surface area contributed by atoms with E-state index in [4.69, 9.17) is 0 Å². The van der Waals surface area contributed by atoms with Crippen LogP contribution in [0, 0.1) is 0 Å². The number of carboxylic acid groups (broad SMARTS) is 3. The second kappa shape index (κ2) is 23.6. The van der Waals surface area contributed by atoms with Crippen molar-refractivity contribution < 1.29 is 58.9 Å². The fraction of sp³-hybridized carbons (Fsp3) is 0.767. The molecule has 1 atom stereocenters. The fourth-order valence-electron chi connectivity index (χ4n) is 5.88. The lowest BCUT2D eigenvalue weighted by molar-refractivity contribution is -0.140. The van der Waals surface area contributed by atoms with E-state index in [2.05, 4.69) is 16.0 Å². The first-order valence-electron chi connectivity index (χ1n) is 17.2. The molecule has 0 aromatic heterocycles. The first-order valence-corrected chi connectivity index (χ1v) is 17.2. The van der Waals surface area contributed by atoms with E-state index in [1.54, 1.807) is 14.7 Å². The monoisotopic (exact) mass is 728 g/mol. The fourth-order valence-corrected chi connectivity index (χ4v) is 5.88. The molecule has 0 unspecified atom stereocenters. The lowest BCUT2D eigenvalue weighted by Crippen LogP contribution is -2.49. The van der Waals surface area contributed by atoms with E-state index in [0.717, 1.165) is 0 Å². The van der Waals surface area contributed by atoms with Gasteiger partial charge >= 0.3 is 25.0 Å². The van der Waals surface area contributed by atoms with Crippen molar-refractivity contribution in [3.8, 4) is 0 Å². The summed E-state index contributed by atoms with van der Waals surface area (Å²) < 4.78 is 0. The number of hydrogen-bond acceptors (Lipinski definition) is 13. The van der Waals surface area contributed by atoms with Gasteiger partial charge in [0.1, 0.15) is 0 Å². The maximum absolute atomic E-state index is 12.8. The quantitative estimate of drug-likeness (QED) is 0.0459. The molecule has 51 heavy (non-hydrogen) atoms. The molecule has 20 nitrogen and oxygen atoms in total. The minimum Gasteiger partial charge on any atom is -0.480 e. The summed E-state index contributed by atoms with van der Waals surface area (Å²) >= 11 is 0. The van der Waals surface area contributed by atoms with Gasteiger partial charge in [0.15, 0.2) is 0 Å². The number of amides is 4. The van der Waals surface area contributed by atoms with Crippen LogP contribution in [0.4, 0.5) is 0 Å². The van der Waals surface area contributed by atoms with Crippen LogP contribution < -0.4 is 16.0 Å². The van der Waals surface area contributed by atoms with Crippen molar-refractivity contribution in [1.29, 1.82) is 0 Å². The SMILES string of the molecule is O=C(O)CN1CCN(CC(=O)O)CCN(CC(=O)NCCCCCC(=O)NCC(=O)NCC(=O)N2CCC[C@H]2B(O)O)CCN(CC(=O)O)CC1. The van der Waals surface area contributed by atoms with Crippen LogP contribution in [0.2, 0.25) is 0 Å². The van der Waals surface area contributed by atoms with Crippen molar-refractivity contribution in [3.63, 3.8) is 0 Å². The average Bonchev–Trinajstić information content (AvgIpc) is 3.55. The van der Waals surface area contributed by atoms with E-state index in [1.807, 2.05) is 4.90 Å². The minimum absolute atomic E-state index is 0.00499. The highest BCUT2D eigenvalue weighted by Gasteiger charge is 2.36. The van der Waals surface area contributed by atoms with Crippen LogP contribution in [0.25, 0.3) is 0 Å². The molecule has 2 rings (SSSR count). The van der Waals surface area contributed by atoms with Crippen LogP contribution in [-0.2, 0) is 33.6 Å². The van der Waals surface area contributed by atoms with E-state index in [0.29, 0.717) is 71.4 Å². The number of nitrogens with zero attached hydrogens (tertiary/aromatic N) is 5. The maximum atomic E-state index is 12.8. The predicted octanol–water partition coefficient (Wildman–Crippen LogP) is -4.63. The predicted molar refractivity (Wildman–Crippen MR) is 181 cm³/mol. The van der Waals surface area contributed by atoms with Gasteiger partial charge < -0.3 is 46.2 Å². The van der Waals surface area contributed by atoms with Crippen molar-refractivity contribution in [2.75, 3.05) is 105 Å². The van der Waals surface area contributed by atoms with Gasteiger partial charge in [-0.2, -0.15) is 0 Å². The zero-order valence-corrected chi connectivity index (χ0v) is 29.0. The number of carbonyl (C=O) groups excluding carboxylic acids is 4. The Kier molecular flexibility index (Phi) is 20.0. The van der Waals surface area contributed by atoms with Gasteiger partial charge in [-0.15, -0.1) is 0 Å². The molecule has 0 saturated carbocycles. The van der Waals surface area contributed by atoms with Crippen molar-refractivity contribution in [3.05, 3.63) is 0 Å². The Morgan fingerprint density at radius 1 is 0.549 bits per heavy atom. The number of carbonyl (C=O) groups is 7. The Hall–Kier alpha value is -3.89.